The van der Waals surface area contributed by atoms with Gasteiger partial charge in [0.05, 0.1) is 17.3 Å². The first kappa shape index (κ1) is 28.5. The second kappa shape index (κ2) is 11.3. The minimum Gasteiger partial charge on any atom is -0.460 e. The summed E-state index contributed by atoms with van der Waals surface area (Å²) in [5.41, 5.74) is 1.11. The normalized spacial score (nSPS) is 19.4. The van der Waals surface area contributed by atoms with Gasteiger partial charge in [-0.2, -0.15) is 0 Å². The molecule has 0 amide bonds. The predicted octanol–water partition coefficient (Wildman–Crippen LogP) is 6.88. The second-order valence-corrected chi connectivity index (χ2v) is 11.5. The molecule has 1 aliphatic rings. The van der Waals surface area contributed by atoms with Crippen LogP contribution in [-0.2, 0) is 15.1 Å². The number of aliphatic hydroxyl groups is 1. The van der Waals surface area contributed by atoms with Gasteiger partial charge in [-0.1, -0.05) is 0 Å². The molecule has 4 rings (SSSR count). The second-order valence-electron chi connectivity index (χ2n) is 11.5. The number of halogens is 2. The Morgan fingerprint density at radius 3 is 2.36 bits per heavy atom. The SMILES string of the molecule is Cc1cc(Nc2cc(C(F)F)ccn2)nc(-c2ccc([C@](C)(O)C3CCC(C(=O)OC(C)(C)C)CC3)nc2)c1. The van der Waals surface area contributed by atoms with Crippen LogP contribution in [0.2, 0.25) is 0 Å². The molecular weight excluding hydrogens is 502 g/mol. The number of carbonyl (C=O) groups is 1. The highest BCUT2D eigenvalue weighted by molar-refractivity contribution is 5.73. The number of carbonyl (C=O) groups excluding carboxylic acids is 1. The van der Waals surface area contributed by atoms with E-state index in [1.165, 1.54) is 18.3 Å². The van der Waals surface area contributed by atoms with E-state index < -0.39 is 17.6 Å². The average Bonchev–Trinajstić information content (AvgIpc) is 2.87. The van der Waals surface area contributed by atoms with E-state index in [-0.39, 0.29) is 29.2 Å². The van der Waals surface area contributed by atoms with Gasteiger partial charge >= 0.3 is 5.97 Å². The van der Waals surface area contributed by atoms with Gasteiger partial charge in [-0.05, 0) is 108 Å². The van der Waals surface area contributed by atoms with Crippen molar-refractivity contribution in [1.82, 2.24) is 15.0 Å². The molecule has 9 heteroatoms. The highest BCUT2D eigenvalue weighted by Gasteiger charge is 2.39. The number of hydrogen-bond acceptors (Lipinski definition) is 7. The van der Waals surface area contributed by atoms with Gasteiger partial charge in [-0.25, -0.2) is 18.7 Å². The van der Waals surface area contributed by atoms with Gasteiger partial charge in [0.1, 0.15) is 22.8 Å². The minimum atomic E-state index is -2.59. The minimum absolute atomic E-state index is 0.0288. The van der Waals surface area contributed by atoms with Crippen molar-refractivity contribution in [3.05, 3.63) is 65.6 Å². The Morgan fingerprint density at radius 1 is 1.03 bits per heavy atom. The van der Waals surface area contributed by atoms with Crippen LogP contribution < -0.4 is 5.32 Å². The van der Waals surface area contributed by atoms with Crippen molar-refractivity contribution >= 4 is 17.6 Å². The predicted molar refractivity (Wildman–Crippen MR) is 146 cm³/mol. The van der Waals surface area contributed by atoms with Crippen LogP contribution >= 0.6 is 0 Å². The summed E-state index contributed by atoms with van der Waals surface area (Å²) in [5, 5.41) is 14.4. The van der Waals surface area contributed by atoms with Crippen molar-refractivity contribution in [3.63, 3.8) is 0 Å². The van der Waals surface area contributed by atoms with Crippen LogP contribution in [0.1, 0.15) is 76.6 Å². The van der Waals surface area contributed by atoms with Crippen molar-refractivity contribution in [2.24, 2.45) is 11.8 Å². The van der Waals surface area contributed by atoms with Crippen LogP contribution in [0.4, 0.5) is 20.4 Å². The first-order valence-electron chi connectivity index (χ1n) is 13.2. The molecular formula is C30H36F2N4O3. The summed E-state index contributed by atoms with van der Waals surface area (Å²) < 4.78 is 31.7. The summed E-state index contributed by atoms with van der Waals surface area (Å²) in [5.74, 6) is 0.415. The number of aryl methyl sites for hydroxylation is 1. The maximum absolute atomic E-state index is 13.1. The first-order valence-corrected chi connectivity index (χ1v) is 13.2. The number of nitrogens with zero attached hydrogens (tertiary/aromatic N) is 3. The van der Waals surface area contributed by atoms with E-state index in [0.717, 1.165) is 11.1 Å². The lowest BCUT2D eigenvalue weighted by molar-refractivity contribution is -0.162. The molecule has 208 valence electrons. The molecule has 3 heterocycles. The summed E-state index contributed by atoms with van der Waals surface area (Å²) in [6.45, 7) is 9.30. The molecule has 3 aromatic heterocycles. The maximum atomic E-state index is 13.1. The summed E-state index contributed by atoms with van der Waals surface area (Å²) in [6, 6.07) is 9.96. The van der Waals surface area contributed by atoms with Gasteiger partial charge in [0.15, 0.2) is 0 Å². The monoisotopic (exact) mass is 538 g/mol. The zero-order chi connectivity index (χ0) is 28.4. The molecule has 3 aromatic rings. The van der Waals surface area contributed by atoms with Crippen LogP contribution in [0, 0.1) is 18.8 Å². The summed E-state index contributed by atoms with van der Waals surface area (Å²) in [6.07, 6.45) is 3.18. The Balaban J connectivity index is 1.45. The molecule has 0 spiro atoms. The Morgan fingerprint density at radius 2 is 1.74 bits per heavy atom. The van der Waals surface area contributed by atoms with Gasteiger partial charge < -0.3 is 15.2 Å². The third-order valence-electron chi connectivity index (χ3n) is 7.10. The highest BCUT2D eigenvalue weighted by atomic mass is 19.3. The van der Waals surface area contributed by atoms with Gasteiger partial charge in [0, 0.05) is 23.5 Å². The van der Waals surface area contributed by atoms with E-state index in [4.69, 9.17) is 4.74 Å². The lowest BCUT2D eigenvalue weighted by Gasteiger charge is -2.37. The summed E-state index contributed by atoms with van der Waals surface area (Å²) >= 11 is 0. The largest absolute Gasteiger partial charge is 0.460 e. The van der Waals surface area contributed by atoms with Gasteiger partial charge in [0.2, 0.25) is 0 Å². The number of ether oxygens (including phenoxy) is 1. The van der Waals surface area contributed by atoms with Crippen molar-refractivity contribution < 1.29 is 23.4 Å². The van der Waals surface area contributed by atoms with E-state index in [9.17, 15) is 18.7 Å². The van der Waals surface area contributed by atoms with E-state index in [0.29, 0.717) is 42.9 Å². The molecule has 0 unspecified atom stereocenters. The van der Waals surface area contributed by atoms with E-state index in [2.05, 4.69) is 20.3 Å². The van der Waals surface area contributed by atoms with Crippen molar-refractivity contribution in [1.29, 1.82) is 0 Å². The lowest BCUT2D eigenvalue weighted by Crippen LogP contribution is -2.38. The van der Waals surface area contributed by atoms with Crippen LogP contribution in [-0.4, -0.2) is 31.6 Å². The lowest BCUT2D eigenvalue weighted by atomic mass is 9.73. The maximum Gasteiger partial charge on any atom is 0.309 e. The molecule has 2 N–H and O–H groups in total. The summed E-state index contributed by atoms with van der Waals surface area (Å²) in [7, 11) is 0. The quantitative estimate of drug-likeness (QED) is 0.316. The van der Waals surface area contributed by atoms with Gasteiger partial charge in [-0.3, -0.25) is 9.78 Å². The Bertz CT molecular complexity index is 1300. The van der Waals surface area contributed by atoms with Crippen molar-refractivity contribution in [3.8, 4) is 11.3 Å². The zero-order valence-corrected chi connectivity index (χ0v) is 23.0. The zero-order valence-electron chi connectivity index (χ0n) is 23.0. The fraction of sp³-hybridized carbons (Fsp3) is 0.467. The van der Waals surface area contributed by atoms with Gasteiger partial charge in [-0.15, -0.1) is 0 Å². The molecule has 1 fully saturated rings. The third kappa shape index (κ3) is 7.15. The van der Waals surface area contributed by atoms with Crippen LogP contribution in [0.3, 0.4) is 0 Å². The smallest absolute Gasteiger partial charge is 0.309 e. The van der Waals surface area contributed by atoms with Crippen molar-refractivity contribution in [2.45, 2.75) is 77.9 Å². The number of alkyl halides is 2. The fourth-order valence-electron chi connectivity index (χ4n) is 4.99. The van der Waals surface area contributed by atoms with E-state index >= 15 is 0 Å². The Labute approximate surface area is 228 Å². The van der Waals surface area contributed by atoms with Gasteiger partial charge in [0.25, 0.3) is 6.43 Å². The number of hydrogen-bond donors (Lipinski definition) is 2. The Hall–Kier alpha value is -3.46. The first-order chi connectivity index (χ1) is 18.3. The molecule has 1 aliphatic carbocycles. The van der Waals surface area contributed by atoms with Crippen molar-refractivity contribution in [2.75, 3.05) is 5.32 Å². The van der Waals surface area contributed by atoms with Crippen LogP contribution in [0.5, 0.6) is 0 Å². The molecule has 1 saturated carbocycles. The molecule has 7 nitrogen and oxygen atoms in total. The highest BCUT2D eigenvalue weighted by Crippen LogP contribution is 2.41. The number of aromatic nitrogens is 3. The fourth-order valence-corrected chi connectivity index (χ4v) is 4.99. The molecule has 0 aliphatic heterocycles. The average molecular weight is 539 g/mol. The molecule has 1 atom stereocenters. The number of esters is 1. The number of anilines is 2. The summed E-state index contributed by atoms with van der Waals surface area (Å²) in [4.78, 5) is 25.8. The van der Waals surface area contributed by atoms with Crippen LogP contribution in [0.15, 0.2) is 48.8 Å². The molecule has 39 heavy (non-hydrogen) atoms. The molecule has 0 bridgehead atoms. The number of pyridine rings is 3. The third-order valence-corrected chi connectivity index (χ3v) is 7.10. The van der Waals surface area contributed by atoms with E-state index in [1.807, 2.05) is 39.8 Å². The molecule has 0 saturated heterocycles. The Kier molecular flexibility index (Phi) is 8.30. The van der Waals surface area contributed by atoms with Crippen LogP contribution in [0.25, 0.3) is 11.3 Å². The number of rotatable bonds is 7. The standard InChI is InChI=1S/C30H36F2N4O3/c1-18-14-23(35-26(15-18)36-25-16-20(27(31)32)12-13-33-25)21-8-11-24(34-17-21)30(5,38)22-9-6-19(7-10-22)28(37)39-29(2,3)4/h8,11-17,19,22,27,38H,6-7,9-10H2,1-5H3,(H,33,35,36)/t19?,22?,30-/m1/s1. The topological polar surface area (TPSA) is 97.2 Å². The molecule has 0 aromatic carbocycles. The molecule has 0 radical (unpaired) electrons. The van der Waals surface area contributed by atoms with E-state index in [1.54, 1.807) is 25.3 Å². The number of nitrogens with one attached hydrogen (secondary N) is 1.